The minimum atomic E-state index is -4.65. The number of nitrogens with one attached hydrogen (secondary N) is 1. The number of carbonyl (C=O) groups excluding carboxylic acids is 2. The van der Waals surface area contributed by atoms with Gasteiger partial charge in [-0.3, -0.25) is 10.2 Å². The van der Waals surface area contributed by atoms with Gasteiger partial charge in [-0.05, 0) is 69.3 Å². The minimum absolute atomic E-state index is 0.0281. The van der Waals surface area contributed by atoms with Crippen LogP contribution in [-0.2, 0) is 10.9 Å². The second-order valence-corrected chi connectivity index (χ2v) is 8.02. The zero-order valence-corrected chi connectivity index (χ0v) is 18.1. The van der Waals surface area contributed by atoms with Crippen molar-refractivity contribution < 1.29 is 27.5 Å². The Morgan fingerprint density at radius 1 is 1.06 bits per heavy atom. The molecule has 0 saturated carbocycles. The molecule has 0 saturated heterocycles. The summed E-state index contributed by atoms with van der Waals surface area (Å²) in [5.41, 5.74) is 6.88. The van der Waals surface area contributed by atoms with E-state index in [0.29, 0.717) is 16.4 Å². The maximum Gasteiger partial charge on any atom is 0.434 e. The van der Waals surface area contributed by atoms with Crippen LogP contribution in [0.4, 0.5) is 29.3 Å². The molecule has 1 heterocycles. The molecule has 3 rings (SSSR count). The van der Waals surface area contributed by atoms with Gasteiger partial charge in [-0.25, -0.2) is 9.48 Å². The van der Waals surface area contributed by atoms with Crippen molar-refractivity contribution in [3.63, 3.8) is 0 Å². The van der Waals surface area contributed by atoms with Crippen molar-refractivity contribution in [1.82, 2.24) is 15.2 Å². The fourth-order valence-electron chi connectivity index (χ4n) is 2.80. The summed E-state index contributed by atoms with van der Waals surface area (Å²) in [5, 5.41) is 4.73. The molecule has 0 bridgehead atoms. The number of rotatable bonds is 3. The van der Waals surface area contributed by atoms with Gasteiger partial charge in [0, 0.05) is 5.69 Å². The standard InChI is InChI=1S/C22H22F3N5O3/c1-21(2,3)33-20(32)30(17-6-4-5-14(13-17)22(23,24)25)28-19(31)18-11-12-27-29(18)16-9-7-15(26)8-10-16/h4-13H,26H2,1-3H3,(H,28,31). The summed E-state index contributed by atoms with van der Waals surface area (Å²) in [4.78, 5) is 25.8. The van der Waals surface area contributed by atoms with E-state index in [0.717, 1.165) is 18.2 Å². The number of halogens is 3. The van der Waals surface area contributed by atoms with Crippen molar-refractivity contribution in [2.45, 2.75) is 32.5 Å². The van der Waals surface area contributed by atoms with Crippen LogP contribution in [0, 0.1) is 0 Å². The van der Waals surface area contributed by atoms with E-state index in [-0.39, 0.29) is 11.4 Å². The first-order chi connectivity index (χ1) is 15.3. The Morgan fingerprint density at radius 2 is 1.73 bits per heavy atom. The van der Waals surface area contributed by atoms with Crippen LogP contribution in [0.15, 0.2) is 60.8 Å². The summed E-state index contributed by atoms with van der Waals surface area (Å²) in [7, 11) is 0. The van der Waals surface area contributed by atoms with Crippen molar-refractivity contribution >= 4 is 23.4 Å². The number of nitrogens with two attached hydrogens (primary N) is 1. The van der Waals surface area contributed by atoms with Crippen molar-refractivity contribution in [1.29, 1.82) is 0 Å². The van der Waals surface area contributed by atoms with E-state index in [1.165, 1.54) is 23.0 Å². The van der Waals surface area contributed by atoms with Crippen molar-refractivity contribution in [3.8, 4) is 5.69 Å². The molecule has 1 aromatic heterocycles. The first kappa shape index (κ1) is 23.6. The molecule has 0 aliphatic rings. The van der Waals surface area contributed by atoms with Crippen molar-refractivity contribution in [2.75, 3.05) is 10.7 Å². The second kappa shape index (κ2) is 8.85. The maximum atomic E-state index is 13.2. The topological polar surface area (TPSA) is 102 Å². The Balaban J connectivity index is 1.96. The molecule has 174 valence electrons. The lowest BCUT2D eigenvalue weighted by Crippen LogP contribution is -2.49. The number of aromatic nitrogens is 2. The quantitative estimate of drug-likeness (QED) is 0.440. The molecule has 2 aromatic carbocycles. The summed E-state index contributed by atoms with van der Waals surface area (Å²) in [5.74, 6) is -0.799. The highest BCUT2D eigenvalue weighted by Gasteiger charge is 2.33. The smallest absolute Gasteiger partial charge is 0.434 e. The van der Waals surface area contributed by atoms with Gasteiger partial charge in [0.05, 0.1) is 23.1 Å². The summed E-state index contributed by atoms with van der Waals surface area (Å²) >= 11 is 0. The Morgan fingerprint density at radius 3 is 2.33 bits per heavy atom. The Kier molecular flexibility index (Phi) is 6.34. The second-order valence-electron chi connectivity index (χ2n) is 8.02. The summed E-state index contributed by atoms with van der Waals surface area (Å²) in [6.07, 6.45) is -4.34. The highest BCUT2D eigenvalue weighted by Crippen LogP contribution is 2.31. The average Bonchev–Trinajstić information content (AvgIpc) is 3.20. The molecular weight excluding hydrogens is 439 g/mol. The van der Waals surface area contributed by atoms with E-state index in [2.05, 4.69) is 10.5 Å². The largest absolute Gasteiger partial charge is 0.442 e. The van der Waals surface area contributed by atoms with E-state index >= 15 is 0 Å². The van der Waals surface area contributed by atoms with Crippen molar-refractivity contribution in [2.24, 2.45) is 0 Å². The number of alkyl halides is 3. The van der Waals surface area contributed by atoms with Gasteiger partial charge >= 0.3 is 12.3 Å². The lowest BCUT2D eigenvalue weighted by Gasteiger charge is -2.28. The van der Waals surface area contributed by atoms with Gasteiger partial charge in [-0.2, -0.15) is 23.3 Å². The predicted octanol–water partition coefficient (Wildman–Crippen LogP) is 4.56. The van der Waals surface area contributed by atoms with Gasteiger partial charge in [0.15, 0.2) is 0 Å². The van der Waals surface area contributed by atoms with Crippen LogP contribution in [0.3, 0.4) is 0 Å². The van der Waals surface area contributed by atoms with Crippen LogP contribution in [0.5, 0.6) is 0 Å². The van der Waals surface area contributed by atoms with E-state index in [9.17, 15) is 22.8 Å². The van der Waals surface area contributed by atoms with E-state index in [1.54, 1.807) is 45.0 Å². The third-order valence-electron chi connectivity index (χ3n) is 4.23. The summed E-state index contributed by atoms with van der Waals surface area (Å²) in [6, 6.07) is 11.9. The van der Waals surface area contributed by atoms with Crippen LogP contribution in [0.1, 0.15) is 36.8 Å². The predicted molar refractivity (Wildman–Crippen MR) is 116 cm³/mol. The fraction of sp³-hybridized carbons (Fsp3) is 0.227. The number of amides is 2. The number of hydrogen-bond donors (Lipinski definition) is 2. The highest BCUT2D eigenvalue weighted by atomic mass is 19.4. The van der Waals surface area contributed by atoms with E-state index < -0.39 is 29.3 Å². The number of hydrazine groups is 1. The molecule has 0 aliphatic carbocycles. The molecule has 2 amide bonds. The Hall–Kier alpha value is -4.02. The number of hydrogen-bond acceptors (Lipinski definition) is 5. The summed E-state index contributed by atoms with van der Waals surface area (Å²) < 4.78 is 46.2. The van der Waals surface area contributed by atoms with Gasteiger partial charge in [0.25, 0.3) is 5.91 Å². The maximum absolute atomic E-state index is 13.2. The molecule has 0 unspecified atom stereocenters. The molecule has 8 nitrogen and oxygen atoms in total. The molecule has 0 radical (unpaired) electrons. The lowest BCUT2D eigenvalue weighted by atomic mass is 10.2. The molecular formula is C22H22F3N5O3. The third kappa shape index (κ3) is 5.82. The molecule has 33 heavy (non-hydrogen) atoms. The minimum Gasteiger partial charge on any atom is -0.442 e. The number of nitrogen functional groups attached to an aromatic ring is 1. The van der Waals surface area contributed by atoms with Crippen LogP contribution in [0.25, 0.3) is 5.69 Å². The SMILES string of the molecule is CC(C)(C)OC(=O)N(NC(=O)c1ccnn1-c1ccc(N)cc1)c1cccc(C(F)(F)F)c1. The van der Waals surface area contributed by atoms with Crippen LogP contribution < -0.4 is 16.2 Å². The Bertz CT molecular complexity index is 1150. The highest BCUT2D eigenvalue weighted by molar-refractivity contribution is 5.99. The number of nitrogens with zero attached hydrogens (tertiary/aromatic N) is 3. The molecule has 3 aromatic rings. The van der Waals surface area contributed by atoms with Gasteiger partial charge in [0.2, 0.25) is 0 Å². The molecule has 0 atom stereocenters. The first-order valence-corrected chi connectivity index (χ1v) is 9.76. The lowest BCUT2D eigenvalue weighted by molar-refractivity contribution is -0.137. The number of anilines is 2. The third-order valence-corrected chi connectivity index (χ3v) is 4.23. The van der Waals surface area contributed by atoms with Gasteiger partial charge in [0.1, 0.15) is 11.3 Å². The normalized spacial score (nSPS) is 11.7. The van der Waals surface area contributed by atoms with Crippen LogP contribution in [-0.4, -0.2) is 27.4 Å². The molecule has 0 fully saturated rings. The molecule has 3 N–H and O–H groups in total. The monoisotopic (exact) mass is 461 g/mol. The number of carbonyl (C=O) groups is 2. The van der Waals surface area contributed by atoms with Gasteiger partial charge in [-0.1, -0.05) is 6.07 Å². The molecule has 0 spiro atoms. The summed E-state index contributed by atoms with van der Waals surface area (Å²) in [6.45, 7) is 4.77. The van der Waals surface area contributed by atoms with Crippen LogP contribution >= 0.6 is 0 Å². The zero-order valence-electron chi connectivity index (χ0n) is 18.1. The Labute approximate surface area is 187 Å². The number of benzene rings is 2. The van der Waals surface area contributed by atoms with Gasteiger partial charge < -0.3 is 10.5 Å². The zero-order chi connectivity index (χ0) is 24.4. The van der Waals surface area contributed by atoms with E-state index in [1.807, 2.05) is 0 Å². The van der Waals surface area contributed by atoms with Crippen LogP contribution in [0.2, 0.25) is 0 Å². The molecule has 11 heteroatoms. The van der Waals surface area contributed by atoms with Crippen molar-refractivity contribution in [3.05, 3.63) is 72.1 Å². The van der Waals surface area contributed by atoms with Gasteiger partial charge in [-0.15, -0.1) is 0 Å². The first-order valence-electron chi connectivity index (χ1n) is 9.76. The molecule has 0 aliphatic heterocycles. The average molecular weight is 461 g/mol. The van der Waals surface area contributed by atoms with E-state index in [4.69, 9.17) is 10.5 Å². The fourth-order valence-corrected chi connectivity index (χ4v) is 2.80. The number of ether oxygens (including phenoxy) is 1.